The molecule has 3 aromatic rings. The summed E-state index contributed by atoms with van der Waals surface area (Å²) >= 11 is 0. The van der Waals surface area contributed by atoms with Crippen LogP contribution < -0.4 is 0 Å². The van der Waals surface area contributed by atoms with Gasteiger partial charge in [-0.05, 0) is 23.8 Å². The van der Waals surface area contributed by atoms with Crippen molar-refractivity contribution in [1.29, 1.82) is 0 Å². The zero-order valence-corrected chi connectivity index (χ0v) is 12.5. The number of halogens is 3. The zero-order valence-electron chi connectivity index (χ0n) is 12.5. The van der Waals surface area contributed by atoms with Crippen molar-refractivity contribution < 1.29 is 18.3 Å². The van der Waals surface area contributed by atoms with Crippen LogP contribution in [0.2, 0.25) is 0 Å². The Kier molecular flexibility index (Phi) is 4.57. The minimum Gasteiger partial charge on any atom is -0.394 e. The number of nitrogens with zero attached hydrogens (tertiary/aromatic N) is 4. The van der Waals surface area contributed by atoms with Gasteiger partial charge < -0.3 is 5.11 Å². The molecular weight excluding hydrogens is 321 g/mol. The molecule has 2 aromatic heterocycles. The Bertz CT molecular complexity index is 852. The third-order valence-electron chi connectivity index (χ3n) is 3.46. The van der Waals surface area contributed by atoms with Crippen LogP contribution in [0.25, 0.3) is 11.4 Å². The number of hydrogen-bond donors (Lipinski definition) is 1. The number of rotatable bonds is 5. The number of hydrogen-bond acceptors (Lipinski definition) is 4. The van der Waals surface area contributed by atoms with Gasteiger partial charge in [0.05, 0.1) is 13.2 Å². The smallest absolute Gasteiger partial charge is 0.194 e. The zero-order chi connectivity index (χ0) is 17.1. The molecule has 1 aromatic carbocycles. The van der Waals surface area contributed by atoms with E-state index in [0.717, 1.165) is 12.1 Å². The van der Waals surface area contributed by atoms with E-state index in [4.69, 9.17) is 5.11 Å². The Morgan fingerprint density at radius 2 is 1.75 bits per heavy atom. The SMILES string of the molecule is OCCn1nc(-c2ccncc2)nc1Cc1ccc(F)c(F)c1F. The highest BCUT2D eigenvalue weighted by Gasteiger charge is 2.17. The lowest BCUT2D eigenvalue weighted by molar-refractivity contribution is 0.267. The topological polar surface area (TPSA) is 63.8 Å². The van der Waals surface area contributed by atoms with Gasteiger partial charge >= 0.3 is 0 Å². The van der Waals surface area contributed by atoms with E-state index in [2.05, 4.69) is 15.1 Å². The van der Waals surface area contributed by atoms with E-state index in [9.17, 15) is 13.2 Å². The van der Waals surface area contributed by atoms with E-state index in [1.807, 2.05) is 0 Å². The summed E-state index contributed by atoms with van der Waals surface area (Å²) in [7, 11) is 0. The summed E-state index contributed by atoms with van der Waals surface area (Å²) in [6.45, 7) is -0.0366. The van der Waals surface area contributed by atoms with E-state index in [-0.39, 0.29) is 25.1 Å². The van der Waals surface area contributed by atoms with Gasteiger partial charge in [0.2, 0.25) is 0 Å². The van der Waals surface area contributed by atoms with Gasteiger partial charge in [-0.1, -0.05) is 6.07 Å². The van der Waals surface area contributed by atoms with E-state index in [1.54, 1.807) is 24.5 Å². The number of aromatic nitrogens is 4. The second-order valence-electron chi connectivity index (χ2n) is 5.05. The van der Waals surface area contributed by atoms with Crippen molar-refractivity contribution in [2.75, 3.05) is 6.61 Å². The quantitative estimate of drug-likeness (QED) is 0.728. The molecular formula is C16H13F3N4O. The van der Waals surface area contributed by atoms with Gasteiger partial charge in [-0.3, -0.25) is 4.98 Å². The van der Waals surface area contributed by atoms with Crippen LogP contribution in [0.15, 0.2) is 36.7 Å². The van der Waals surface area contributed by atoms with Gasteiger partial charge in [0.1, 0.15) is 5.82 Å². The first-order valence-corrected chi connectivity index (χ1v) is 7.17. The lowest BCUT2D eigenvalue weighted by atomic mass is 10.1. The first-order chi connectivity index (χ1) is 11.6. The van der Waals surface area contributed by atoms with E-state index in [1.165, 1.54) is 4.68 Å². The summed E-state index contributed by atoms with van der Waals surface area (Å²) in [4.78, 5) is 8.22. The summed E-state index contributed by atoms with van der Waals surface area (Å²) in [6.07, 6.45) is 3.08. The van der Waals surface area contributed by atoms with E-state index in [0.29, 0.717) is 17.2 Å². The molecule has 124 valence electrons. The molecule has 2 heterocycles. The molecule has 24 heavy (non-hydrogen) atoms. The van der Waals surface area contributed by atoms with Crippen molar-refractivity contribution >= 4 is 0 Å². The van der Waals surface area contributed by atoms with Crippen molar-refractivity contribution in [1.82, 2.24) is 19.7 Å². The molecule has 0 atom stereocenters. The average molecular weight is 334 g/mol. The van der Waals surface area contributed by atoms with Crippen LogP contribution in [-0.2, 0) is 13.0 Å². The summed E-state index contributed by atoms with van der Waals surface area (Å²) in [5.74, 6) is -3.30. The third-order valence-corrected chi connectivity index (χ3v) is 3.46. The van der Waals surface area contributed by atoms with Crippen LogP contribution in [0.3, 0.4) is 0 Å². The fourth-order valence-electron chi connectivity index (χ4n) is 2.27. The molecule has 0 aliphatic rings. The fraction of sp³-hybridized carbons (Fsp3) is 0.188. The first-order valence-electron chi connectivity index (χ1n) is 7.17. The van der Waals surface area contributed by atoms with Crippen molar-refractivity contribution in [2.45, 2.75) is 13.0 Å². The molecule has 5 nitrogen and oxygen atoms in total. The summed E-state index contributed by atoms with van der Waals surface area (Å²) < 4.78 is 41.7. The summed E-state index contributed by atoms with van der Waals surface area (Å²) in [6, 6.07) is 5.45. The highest BCUT2D eigenvalue weighted by molar-refractivity contribution is 5.53. The van der Waals surface area contributed by atoms with Gasteiger partial charge in [0, 0.05) is 24.4 Å². The molecule has 0 amide bonds. The maximum Gasteiger partial charge on any atom is 0.194 e. The Balaban J connectivity index is 1.98. The number of pyridine rings is 1. The molecule has 0 radical (unpaired) electrons. The molecule has 0 fully saturated rings. The molecule has 0 aliphatic carbocycles. The Hall–Kier alpha value is -2.74. The van der Waals surface area contributed by atoms with Crippen molar-refractivity contribution in [3.8, 4) is 11.4 Å². The van der Waals surface area contributed by atoms with Crippen LogP contribution in [0.5, 0.6) is 0 Å². The maximum atomic E-state index is 13.9. The van der Waals surface area contributed by atoms with Crippen LogP contribution in [0.1, 0.15) is 11.4 Å². The average Bonchev–Trinajstić information content (AvgIpc) is 2.99. The van der Waals surface area contributed by atoms with Crippen molar-refractivity contribution in [2.24, 2.45) is 0 Å². The van der Waals surface area contributed by atoms with Gasteiger partial charge in [0.15, 0.2) is 23.3 Å². The predicted molar refractivity (Wildman–Crippen MR) is 79.5 cm³/mol. The number of benzene rings is 1. The fourth-order valence-corrected chi connectivity index (χ4v) is 2.27. The summed E-state index contributed by atoms with van der Waals surface area (Å²) in [5.41, 5.74) is 0.662. The predicted octanol–water partition coefficient (Wildman–Crippen LogP) is 2.34. The van der Waals surface area contributed by atoms with Gasteiger partial charge in [0.25, 0.3) is 0 Å². The molecule has 0 saturated carbocycles. The second kappa shape index (κ2) is 6.79. The van der Waals surface area contributed by atoms with E-state index < -0.39 is 17.5 Å². The standard InChI is InChI=1S/C16H13F3N4O/c17-12-2-1-11(14(18)15(12)19)9-13-21-16(22-23(13)7-8-24)10-3-5-20-6-4-10/h1-6,24H,7-9H2. The van der Waals surface area contributed by atoms with Gasteiger partial charge in [-0.25, -0.2) is 22.8 Å². The Morgan fingerprint density at radius 3 is 2.46 bits per heavy atom. The normalized spacial score (nSPS) is 11.0. The Labute approximate surface area is 135 Å². The highest BCUT2D eigenvalue weighted by Crippen LogP contribution is 2.20. The molecule has 3 rings (SSSR count). The van der Waals surface area contributed by atoms with Crippen molar-refractivity contribution in [3.63, 3.8) is 0 Å². The largest absolute Gasteiger partial charge is 0.394 e. The monoisotopic (exact) mass is 334 g/mol. The van der Waals surface area contributed by atoms with Crippen LogP contribution >= 0.6 is 0 Å². The van der Waals surface area contributed by atoms with Crippen LogP contribution in [0, 0.1) is 17.5 Å². The molecule has 1 N–H and O–H groups in total. The van der Waals surface area contributed by atoms with E-state index >= 15 is 0 Å². The third kappa shape index (κ3) is 3.13. The minimum absolute atomic E-state index is 0.0400. The number of aliphatic hydroxyl groups is 1. The molecule has 8 heteroatoms. The second-order valence-corrected chi connectivity index (χ2v) is 5.05. The molecule has 0 saturated heterocycles. The molecule has 0 aliphatic heterocycles. The summed E-state index contributed by atoms with van der Waals surface area (Å²) in [5, 5.41) is 13.4. The van der Waals surface area contributed by atoms with Gasteiger partial charge in [-0.15, -0.1) is 0 Å². The first kappa shape index (κ1) is 16.1. The molecule has 0 bridgehead atoms. The highest BCUT2D eigenvalue weighted by atomic mass is 19.2. The lowest BCUT2D eigenvalue weighted by Gasteiger charge is -2.06. The maximum absolute atomic E-state index is 13.9. The van der Waals surface area contributed by atoms with Crippen LogP contribution in [0.4, 0.5) is 13.2 Å². The lowest BCUT2D eigenvalue weighted by Crippen LogP contribution is -2.10. The Morgan fingerprint density at radius 1 is 1.00 bits per heavy atom. The molecule has 0 unspecified atom stereocenters. The van der Waals surface area contributed by atoms with Crippen LogP contribution in [-0.4, -0.2) is 31.5 Å². The van der Waals surface area contributed by atoms with Gasteiger partial charge in [-0.2, -0.15) is 5.10 Å². The van der Waals surface area contributed by atoms with Crippen molar-refractivity contribution in [3.05, 3.63) is 65.5 Å². The molecule has 0 spiro atoms. The minimum atomic E-state index is -1.52. The number of aliphatic hydroxyl groups excluding tert-OH is 1.